The van der Waals surface area contributed by atoms with Gasteiger partial charge in [-0.2, -0.15) is 0 Å². The molecule has 3 nitrogen and oxygen atoms in total. The summed E-state index contributed by atoms with van der Waals surface area (Å²) in [6, 6.07) is 19.1. The average molecular weight is 265 g/mol. The van der Waals surface area contributed by atoms with Crippen LogP contribution in [0.5, 0.6) is 5.75 Å². The standard InChI is InChI=1S/C17H15NO2/c1-20-16-9-5-3-7-13(16)17(19)15-11-10-12-6-2-4-8-14(12)18-15/h2-11,17,19H,1H3/t17-/m1/s1. The lowest BCUT2D eigenvalue weighted by Gasteiger charge is -2.14. The summed E-state index contributed by atoms with van der Waals surface area (Å²) in [5.41, 5.74) is 2.21. The number of aliphatic hydroxyl groups is 1. The Morgan fingerprint density at radius 3 is 2.55 bits per heavy atom. The second-order valence-corrected chi connectivity index (χ2v) is 4.57. The fourth-order valence-corrected chi connectivity index (χ4v) is 2.29. The number of pyridine rings is 1. The van der Waals surface area contributed by atoms with Crippen LogP contribution in [0.2, 0.25) is 0 Å². The van der Waals surface area contributed by atoms with Gasteiger partial charge in [0.2, 0.25) is 0 Å². The van der Waals surface area contributed by atoms with Crippen LogP contribution in [-0.4, -0.2) is 17.2 Å². The van der Waals surface area contributed by atoms with Gasteiger partial charge in [0.15, 0.2) is 0 Å². The zero-order valence-electron chi connectivity index (χ0n) is 11.2. The molecule has 0 radical (unpaired) electrons. The highest BCUT2D eigenvalue weighted by atomic mass is 16.5. The van der Waals surface area contributed by atoms with Crippen LogP contribution in [0, 0.1) is 0 Å². The van der Waals surface area contributed by atoms with Gasteiger partial charge in [-0.25, -0.2) is 4.98 Å². The zero-order valence-corrected chi connectivity index (χ0v) is 11.2. The van der Waals surface area contributed by atoms with Gasteiger partial charge in [0.1, 0.15) is 11.9 Å². The van der Waals surface area contributed by atoms with Gasteiger partial charge in [0.05, 0.1) is 18.3 Å². The quantitative estimate of drug-likeness (QED) is 0.790. The van der Waals surface area contributed by atoms with Crippen molar-refractivity contribution in [3.05, 3.63) is 71.9 Å². The molecule has 0 saturated heterocycles. The second-order valence-electron chi connectivity index (χ2n) is 4.57. The smallest absolute Gasteiger partial charge is 0.125 e. The molecular formula is C17H15NO2. The number of para-hydroxylation sites is 2. The van der Waals surface area contributed by atoms with Crippen LogP contribution < -0.4 is 4.74 Å². The molecule has 0 amide bonds. The Morgan fingerprint density at radius 2 is 1.70 bits per heavy atom. The van der Waals surface area contributed by atoms with Crippen molar-refractivity contribution < 1.29 is 9.84 Å². The Labute approximate surface area is 117 Å². The molecule has 100 valence electrons. The van der Waals surface area contributed by atoms with E-state index in [1.54, 1.807) is 7.11 Å². The minimum atomic E-state index is -0.796. The Hall–Kier alpha value is -2.39. The molecular weight excluding hydrogens is 250 g/mol. The summed E-state index contributed by atoms with van der Waals surface area (Å²) in [6.07, 6.45) is -0.796. The molecule has 0 unspecified atom stereocenters. The molecule has 0 fully saturated rings. The summed E-state index contributed by atoms with van der Waals surface area (Å²) in [4.78, 5) is 4.52. The van der Waals surface area contributed by atoms with Gasteiger partial charge in [-0.1, -0.05) is 42.5 Å². The molecule has 0 bridgehead atoms. The molecule has 3 aromatic rings. The van der Waals surface area contributed by atoms with E-state index in [1.165, 1.54) is 0 Å². The lowest BCUT2D eigenvalue weighted by atomic mass is 10.0. The number of methoxy groups -OCH3 is 1. The molecule has 1 atom stereocenters. The number of rotatable bonds is 3. The van der Waals surface area contributed by atoms with Crippen molar-refractivity contribution in [3.8, 4) is 5.75 Å². The Kier molecular flexibility index (Phi) is 3.35. The minimum Gasteiger partial charge on any atom is -0.496 e. The van der Waals surface area contributed by atoms with Crippen molar-refractivity contribution in [2.75, 3.05) is 7.11 Å². The van der Waals surface area contributed by atoms with Crippen molar-refractivity contribution in [3.63, 3.8) is 0 Å². The van der Waals surface area contributed by atoms with Gasteiger partial charge in [-0.05, 0) is 18.2 Å². The molecule has 3 rings (SSSR count). The third-order valence-corrected chi connectivity index (χ3v) is 3.33. The number of hydrogen-bond acceptors (Lipinski definition) is 3. The van der Waals surface area contributed by atoms with E-state index in [0.717, 1.165) is 16.5 Å². The molecule has 0 aliphatic rings. The van der Waals surface area contributed by atoms with Gasteiger partial charge in [-0.15, -0.1) is 0 Å². The third kappa shape index (κ3) is 2.24. The Balaban J connectivity index is 2.05. The van der Waals surface area contributed by atoms with Gasteiger partial charge in [0, 0.05) is 10.9 Å². The highest BCUT2D eigenvalue weighted by molar-refractivity contribution is 5.78. The van der Waals surface area contributed by atoms with Crippen LogP contribution in [0.15, 0.2) is 60.7 Å². The first-order valence-electron chi connectivity index (χ1n) is 6.46. The van der Waals surface area contributed by atoms with Crippen LogP contribution in [0.3, 0.4) is 0 Å². The number of hydrogen-bond donors (Lipinski definition) is 1. The molecule has 0 saturated carbocycles. The molecule has 20 heavy (non-hydrogen) atoms. The van der Waals surface area contributed by atoms with E-state index in [4.69, 9.17) is 4.74 Å². The molecule has 0 spiro atoms. The molecule has 3 heteroatoms. The summed E-state index contributed by atoms with van der Waals surface area (Å²) in [6.45, 7) is 0. The summed E-state index contributed by atoms with van der Waals surface area (Å²) in [5.74, 6) is 0.662. The van der Waals surface area contributed by atoms with Crippen LogP contribution >= 0.6 is 0 Å². The molecule has 2 aromatic carbocycles. The van der Waals surface area contributed by atoms with Gasteiger partial charge < -0.3 is 9.84 Å². The maximum absolute atomic E-state index is 10.5. The van der Waals surface area contributed by atoms with E-state index in [2.05, 4.69) is 4.98 Å². The van der Waals surface area contributed by atoms with E-state index < -0.39 is 6.10 Å². The summed E-state index contributed by atoms with van der Waals surface area (Å²) in [7, 11) is 1.60. The highest BCUT2D eigenvalue weighted by Crippen LogP contribution is 2.29. The number of fused-ring (bicyclic) bond motifs is 1. The lowest BCUT2D eigenvalue weighted by Crippen LogP contribution is -2.04. The fraction of sp³-hybridized carbons (Fsp3) is 0.118. The normalized spacial score (nSPS) is 12.3. The number of ether oxygens (including phenoxy) is 1. The molecule has 0 aliphatic heterocycles. The first-order chi connectivity index (χ1) is 9.79. The first-order valence-corrected chi connectivity index (χ1v) is 6.46. The minimum absolute atomic E-state index is 0.619. The van der Waals surface area contributed by atoms with Crippen molar-refractivity contribution >= 4 is 10.9 Å². The molecule has 1 N–H and O–H groups in total. The van der Waals surface area contributed by atoms with Gasteiger partial charge >= 0.3 is 0 Å². The van der Waals surface area contributed by atoms with Crippen molar-refractivity contribution in [1.29, 1.82) is 0 Å². The summed E-state index contributed by atoms with van der Waals surface area (Å²) in [5, 5.41) is 11.6. The van der Waals surface area contributed by atoms with Crippen molar-refractivity contribution in [2.24, 2.45) is 0 Å². The van der Waals surface area contributed by atoms with Crippen LogP contribution in [0.25, 0.3) is 10.9 Å². The van der Waals surface area contributed by atoms with Crippen LogP contribution in [-0.2, 0) is 0 Å². The first kappa shape index (κ1) is 12.6. The van der Waals surface area contributed by atoms with E-state index in [-0.39, 0.29) is 0 Å². The number of nitrogens with zero attached hydrogens (tertiary/aromatic N) is 1. The molecule has 1 heterocycles. The largest absolute Gasteiger partial charge is 0.496 e. The second kappa shape index (κ2) is 5.31. The summed E-state index contributed by atoms with van der Waals surface area (Å²) < 4.78 is 5.29. The Bertz CT molecular complexity index is 740. The van der Waals surface area contributed by atoms with E-state index in [9.17, 15) is 5.11 Å². The van der Waals surface area contributed by atoms with E-state index >= 15 is 0 Å². The predicted molar refractivity (Wildman–Crippen MR) is 78.8 cm³/mol. The highest BCUT2D eigenvalue weighted by Gasteiger charge is 2.16. The number of aromatic nitrogens is 1. The third-order valence-electron chi connectivity index (χ3n) is 3.33. The van der Waals surface area contributed by atoms with Crippen molar-refractivity contribution in [1.82, 2.24) is 4.98 Å². The molecule has 1 aromatic heterocycles. The monoisotopic (exact) mass is 265 g/mol. The lowest BCUT2D eigenvalue weighted by molar-refractivity contribution is 0.210. The maximum atomic E-state index is 10.5. The zero-order chi connectivity index (χ0) is 13.9. The van der Waals surface area contributed by atoms with Gasteiger partial charge in [-0.3, -0.25) is 0 Å². The molecule has 0 aliphatic carbocycles. The van der Waals surface area contributed by atoms with E-state index in [0.29, 0.717) is 11.4 Å². The number of aliphatic hydroxyl groups excluding tert-OH is 1. The van der Waals surface area contributed by atoms with Crippen LogP contribution in [0.4, 0.5) is 0 Å². The fourth-order valence-electron chi connectivity index (χ4n) is 2.29. The van der Waals surface area contributed by atoms with E-state index in [1.807, 2.05) is 60.7 Å². The summed E-state index contributed by atoms with van der Waals surface area (Å²) >= 11 is 0. The number of benzene rings is 2. The Morgan fingerprint density at radius 1 is 0.950 bits per heavy atom. The van der Waals surface area contributed by atoms with Crippen LogP contribution in [0.1, 0.15) is 17.4 Å². The average Bonchev–Trinajstić information content (AvgIpc) is 2.53. The SMILES string of the molecule is COc1ccccc1[C@@H](O)c1ccc2ccccc2n1. The maximum Gasteiger partial charge on any atom is 0.125 e. The topological polar surface area (TPSA) is 42.4 Å². The van der Waals surface area contributed by atoms with Crippen molar-refractivity contribution in [2.45, 2.75) is 6.10 Å². The van der Waals surface area contributed by atoms with Gasteiger partial charge in [0.25, 0.3) is 0 Å². The predicted octanol–water partition coefficient (Wildman–Crippen LogP) is 3.33.